The van der Waals surface area contributed by atoms with E-state index in [1.54, 1.807) is 0 Å². The molecule has 0 fully saturated rings. The van der Waals surface area contributed by atoms with Crippen LogP contribution in [-0.4, -0.2) is 0 Å². The van der Waals surface area contributed by atoms with Crippen LogP contribution in [0.1, 0.15) is 0 Å². The van der Waals surface area contributed by atoms with Crippen LogP contribution in [0, 0.1) is 0 Å². The molecule has 0 saturated carbocycles. The minimum absolute atomic E-state index is 0. The molecule has 0 N–H and O–H groups in total. The van der Waals surface area contributed by atoms with Crippen LogP contribution in [0.4, 0.5) is 0 Å². The molecule has 0 aliphatic rings. The number of rotatable bonds is 2. The number of halogens is 2. The average Bonchev–Trinajstić information content (AvgIpc) is 3.06. The summed E-state index contributed by atoms with van der Waals surface area (Å²) in [5, 5.41) is 5.27. The molecule has 0 unspecified atom stereocenters. The molecule has 5 aromatic rings. The van der Waals surface area contributed by atoms with Crippen molar-refractivity contribution in [3.63, 3.8) is 0 Å². The third kappa shape index (κ3) is 4.13. The zero-order chi connectivity index (χ0) is 16.6. The zero-order valence-corrected chi connectivity index (χ0v) is 19.0. The summed E-state index contributed by atoms with van der Waals surface area (Å²) in [5.41, 5.74) is 5.07. The Morgan fingerprint density at radius 1 is 0.429 bits per heavy atom. The third-order valence-corrected chi connectivity index (χ3v) is 4.92. The first kappa shape index (κ1) is 22.5. The Morgan fingerprint density at radius 2 is 0.821 bits per heavy atom. The molecule has 0 atom stereocenters. The normalized spacial score (nSPS) is 10.0. The van der Waals surface area contributed by atoms with Gasteiger partial charge in [-0.05, 0) is 11.1 Å². The molecule has 0 aliphatic carbocycles. The van der Waals surface area contributed by atoms with Crippen molar-refractivity contribution in [2.75, 3.05) is 0 Å². The van der Waals surface area contributed by atoms with Crippen molar-refractivity contribution < 1.29 is 51.0 Å². The summed E-state index contributed by atoms with van der Waals surface area (Å²) in [4.78, 5) is 0. The number of fused-ring (bicyclic) bond motifs is 3. The Hall–Kier alpha value is -1.79. The molecule has 5 rings (SSSR count). The van der Waals surface area contributed by atoms with E-state index < -0.39 is 0 Å². The second kappa shape index (κ2) is 9.61. The van der Waals surface area contributed by atoms with Gasteiger partial charge < -0.3 is 24.8 Å². The van der Waals surface area contributed by atoms with Gasteiger partial charge in [0.1, 0.15) is 0 Å². The molecular weight excluding hydrogens is 462 g/mol. The van der Waals surface area contributed by atoms with Crippen molar-refractivity contribution in [3.8, 4) is 22.3 Å². The summed E-state index contributed by atoms with van der Waals surface area (Å²) >= 11 is 0. The van der Waals surface area contributed by atoms with E-state index in [4.69, 9.17) is 0 Å². The van der Waals surface area contributed by atoms with Gasteiger partial charge in [-0.1, -0.05) is 96.1 Å². The van der Waals surface area contributed by atoms with Crippen molar-refractivity contribution in [1.29, 1.82) is 0 Å². The molecule has 0 aliphatic heterocycles. The summed E-state index contributed by atoms with van der Waals surface area (Å²) in [5.74, 6) is 0. The standard InChI is InChI=1S/C25H17.2ClH.Zr/c1-3-7-18(8-4-1)20-11-13-24-22(15-20)17-23-16-21(12-14-25(23)24)19-9-5-2-6-10-19;;;/h1-17H;2*1H;/q-1;;;+3/p-2. The largest absolute Gasteiger partial charge is 3.00 e. The number of hydrogen-bond acceptors (Lipinski definition) is 0. The maximum absolute atomic E-state index is 2.31. The van der Waals surface area contributed by atoms with Crippen LogP contribution in [-0.2, 0) is 26.2 Å². The van der Waals surface area contributed by atoms with Crippen LogP contribution in [0.25, 0.3) is 43.8 Å². The molecule has 135 valence electrons. The van der Waals surface area contributed by atoms with Crippen molar-refractivity contribution in [3.05, 3.63) is 103 Å². The van der Waals surface area contributed by atoms with Crippen molar-refractivity contribution in [2.45, 2.75) is 0 Å². The average molecular weight is 480 g/mol. The van der Waals surface area contributed by atoms with Crippen molar-refractivity contribution >= 4 is 21.5 Å². The topological polar surface area (TPSA) is 0 Å². The Balaban J connectivity index is 0.000000934. The Bertz CT molecular complexity index is 1090. The monoisotopic (exact) mass is 477 g/mol. The fourth-order valence-electron chi connectivity index (χ4n) is 3.64. The van der Waals surface area contributed by atoms with Gasteiger partial charge in [-0.3, -0.25) is 0 Å². The molecule has 1 radical (unpaired) electrons. The quantitative estimate of drug-likeness (QED) is 0.332. The summed E-state index contributed by atoms with van der Waals surface area (Å²) in [6.07, 6.45) is 0. The molecule has 28 heavy (non-hydrogen) atoms. The summed E-state index contributed by atoms with van der Waals surface area (Å²) < 4.78 is 0. The van der Waals surface area contributed by atoms with Crippen LogP contribution in [0.3, 0.4) is 0 Å². The Morgan fingerprint density at radius 3 is 1.21 bits per heavy atom. The van der Waals surface area contributed by atoms with Crippen LogP contribution in [0.15, 0.2) is 103 Å². The van der Waals surface area contributed by atoms with Gasteiger partial charge in [0.25, 0.3) is 0 Å². The maximum atomic E-state index is 2.31. The summed E-state index contributed by atoms with van der Waals surface area (Å²) in [6.45, 7) is 0. The van der Waals surface area contributed by atoms with E-state index in [9.17, 15) is 0 Å². The molecule has 0 nitrogen and oxygen atoms in total. The maximum Gasteiger partial charge on any atom is 3.00 e. The van der Waals surface area contributed by atoms with Gasteiger partial charge in [0, 0.05) is 0 Å². The van der Waals surface area contributed by atoms with E-state index in [-0.39, 0.29) is 51.0 Å². The van der Waals surface area contributed by atoms with Gasteiger partial charge in [-0.2, -0.15) is 0 Å². The fraction of sp³-hybridized carbons (Fsp3) is 0. The minimum atomic E-state index is 0. The predicted molar refractivity (Wildman–Crippen MR) is 108 cm³/mol. The van der Waals surface area contributed by atoms with Crippen LogP contribution in [0.2, 0.25) is 0 Å². The first-order valence-corrected chi connectivity index (χ1v) is 8.62. The van der Waals surface area contributed by atoms with Crippen molar-refractivity contribution in [2.24, 2.45) is 0 Å². The fourth-order valence-corrected chi connectivity index (χ4v) is 3.64. The van der Waals surface area contributed by atoms with Gasteiger partial charge in [-0.15, -0.1) is 39.7 Å². The second-order valence-electron chi connectivity index (χ2n) is 6.48. The molecule has 0 bridgehead atoms. The van der Waals surface area contributed by atoms with Crippen LogP contribution in [0.5, 0.6) is 0 Å². The van der Waals surface area contributed by atoms with E-state index >= 15 is 0 Å². The minimum Gasteiger partial charge on any atom is -1.00 e. The first-order valence-electron chi connectivity index (χ1n) is 8.62. The molecular formula is C25H17Cl2Zr. The molecule has 0 heterocycles. The van der Waals surface area contributed by atoms with Gasteiger partial charge in [-0.25, -0.2) is 0 Å². The second-order valence-corrected chi connectivity index (χ2v) is 6.48. The number of hydrogen-bond donors (Lipinski definition) is 0. The van der Waals surface area contributed by atoms with E-state index in [1.807, 2.05) is 0 Å². The SMILES string of the molecule is [Cl-].[Cl-].[Zr+3].c1ccc(-c2ccc3c(c2)[cH-]c2cc(-c4ccccc4)ccc23)cc1. The van der Waals surface area contributed by atoms with Crippen LogP contribution >= 0.6 is 0 Å². The van der Waals surface area contributed by atoms with Gasteiger partial charge in [0.2, 0.25) is 0 Å². The smallest absolute Gasteiger partial charge is 1.00 e. The first-order chi connectivity index (χ1) is 12.4. The van der Waals surface area contributed by atoms with E-state index in [2.05, 4.69) is 103 Å². The third-order valence-electron chi connectivity index (χ3n) is 4.92. The Labute approximate surface area is 196 Å². The molecule has 5 aromatic carbocycles. The van der Waals surface area contributed by atoms with E-state index in [0.29, 0.717) is 0 Å². The van der Waals surface area contributed by atoms with Gasteiger partial charge >= 0.3 is 26.2 Å². The molecule has 0 amide bonds. The van der Waals surface area contributed by atoms with Crippen molar-refractivity contribution in [1.82, 2.24) is 0 Å². The molecule has 3 heteroatoms. The summed E-state index contributed by atoms with van der Waals surface area (Å²) in [7, 11) is 0. The molecule has 0 saturated heterocycles. The zero-order valence-electron chi connectivity index (χ0n) is 15.1. The van der Waals surface area contributed by atoms with E-state index in [1.165, 1.54) is 43.8 Å². The van der Waals surface area contributed by atoms with Gasteiger partial charge in [0.05, 0.1) is 0 Å². The van der Waals surface area contributed by atoms with Gasteiger partial charge in [0.15, 0.2) is 0 Å². The number of benzene rings is 4. The van der Waals surface area contributed by atoms with Crippen LogP contribution < -0.4 is 24.8 Å². The summed E-state index contributed by atoms with van der Waals surface area (Å²) in [6, 6.07) is 37.0. The molecule has 0 spiro atoms. The Kier molecular flexibility index (Phi) is 7.73. The molecule has 0 aromatic heterocycles. The predicted octanol–water partition coefficient (Wildman–Crippen LogP) is 1.05. The van der Waals surface area contributed by atoms with E-state index in [0.717, 1.165) is 0 Å².